The first-order valence-corrected chi connectivity index (χ1v) is 15.9. The number of carbonyl (C=O) groups is 2. The predicted octanol–water partition coefficient (Wildman–Crippen LogP) is 7.22. The summed E-state index contributed by atoms with van der Waals surface area (Å²) in [5, 5.41) is 3.83. The maximum absolute atomic E-state index is 14.2. The molecule has 0 bridgehead atoms. The largest absolute Gasteiger partial charge is 0.352 e. The number of halogens is 4. The van der Waals surface area contributed by atoms with Crippen molar-refractivity contribution in [2.75, 3.05) is 10.8 Å². The van der Waals surface area contributed by atoms with Gasteiger partial charge in [0, 0.05) is 33.2 Å². The summed E-state index contributed by atoms with van der Waals surface area (Å²) in [4.78, 5) is 28.8. The first-order chi connectivity index (χ1) is 19.4. The van der Waals surface area contributed by atoms with Crippen LogP contribution in [0.3, 0.4) is 0 Å². The minimum atomic E-state index is -4.30. The number of anilines is 1. The van der Waals surface area contributed by atoms with E-state index in [9.17, 15) is 18.0 Å². The van der Waals surface area contributed by atoms with Crippen molar-refractivity contribution in [1.82, 2.24) is 10.2 Å². The topological polar surface area (TPSA) is 86.8 Å². The van der Waals surface area contributed by atoms with Gasteiger partial charge in [-0.15, -0.1) is 0 Å². The van der Waals surface area contributed by atoms with E-state index < -0.39 is 28.5 Å². The van der Waals surface area contributed by atoms with Gasteiger partial charge in [0.05, 0.1) is 15.6 Å². The van der Waals surface area contributed by atoms with Crippen LogP contribution < -0.4 is 9.62 Å². The average molecular weight is 659 g/mol. The molecule has 1 N–H and O–H groups in total. The van der Waals surface area contributed by atoms with Gasteiger partial charge in [0.1, 0.15) is 12.6 Å². The molecule has 0 aliphatic rings. The zero-order chi connectivity index (χ0) is 30.3. The van der Waals surface area contributed by atoms with Gasteiger partial charge in [-0.05, 0) is 62.2 Å². The number of carbonyl (C=O) groups excluding carboxylic acids is 2. The standard InChI is InChI=1S/C29H31Cl4N3O4S/c1-4-19(3)34-29(38)26(5-2)35(17-22-23(31)12-9-13-24(22)32)28(37)18-36(27-16-20(30)14-15-25(27)33)41(39,40)21-10-7-6-8-11-21/h6-16,19,26H,4-5,17-18H2,1-3H3,(H,34,38)/t19-,26-/m1/s1. The van der Waals surface area contributed by atoms with Gasteiger partial charge in [-0.2, -0.15) is 0 Å². The third kappa shape index (κ3) is 8.08. The molecule has 12 heteroatoms. The smallest absolute Gasteiger partial charge is 0.264 e. The molecule has 2 atom stereocenters. The van der Waals surface area contributed by atoms with E-state index in [2.05, 4.69) is 5.32 Å². The van der Waals surface area contributed by atoms with Gasteiger partial charge >= 0.3 is 0 Å². The van der Waals surface area contributed by atoms with E-state index in [-0.39, 0.29) is 45.5 Å². The van der Waals surface area contributed by atoms with Crippen molar-refractivity contribution in [2.45, 2.75) is 57.1 Å². The molecule has 0 spiro atoms. The fourth-order valence-electron chi connectivity index (χ4n) is 4.12. The minimum absolute atomic E-state index is 0.0178. The van der Waals surface area contributed by atoms with Crippen molar-refractivity contribution >= 4 is 73.9 Å². The summed E-state index contributed by atoms with van der Waals surface area (Å²) in [6, 6.07) is 15.8. The van der Waals surface area contributed by atoms with Crippen LogP contribution in [0.15, 0.2) is 71.6 Å². The van der Waals surface area contributed by atoms with E-state index in [1.807, 2.05) is 13.8 Å². The quantitative estimate of drug-likeness (QED) is 0.223. The molecule has 0 saturated heterocycles. The maximum atomic E-state index is 14.2. The van der Waals surface area contributed by atoms with Crippen LogP contribution in [0.1, 0.15) is 39.2 Å². The highest BCUT2D eigenvalue weighted by atomic mass is 35.5. The second kappa shape index (κ2) is 14.6. The molecule has 3 aromatic rings. The van der Waals surface area contributed by atoms with Crippen molar-refractivity contribution in [1.29, 1.82) is 0 Å². The molecule has 0 aromatic heterocycles. The molecule has 0 aliphatic heterocycles. The van der Waals surface area contributed by atoms with Crippen LogP contribution in [0.25, 0.3) is 0 Å². The van der Waals surface area contributed by atoms with Gasteiger partial charge in [-0.25, -0.2) is 8.42 Å². The summed E-state index contributed by atoms with van der Waals surface area (Å²) in [6.45, 7) is 4.75. The molecule has 0 aliphatic carbocycles. The summed E-state index contributed by atoms with van der Waals surface area (Å²) in [5.74, 6) is -1.04. The Kier molecular flexibility index (Phi) is 11.8. The number of hydrogen-bond donors (Lipinski definition) is 1. The molecular weight excluding hydrogens is 628 g/mol. The Morgan fingerprint density at radius 1 is 0.854 bits per heavy atom. The monoisotopic (exact) mass is 657 g/mol. The first kappa shape index (κ1) is 33.0. The Bertz CT molecular complexity index is 1470. The van der Waals surface area contributed by atoms with Crippen LogP contribution >= 0.6 is 46.4 Å². The lowest BCUT2D eigenvalue weighted by molar-refractivity contribution is -0.140. The van der Waals surface area contributed by atoms with Crippen LogP contribution in [-0.4, -0.2) is 43.8 Å². The highest BCUT2D eigenvalue weighted by molar-refractivity contribution is 7.92. The van der Waals surface area contributed by atoms with Crippen LogP contribution in [-0.2, 0) is 26.2 Å². The highest BCUT2D eigenvalue weighted by Crippen LogP contribution is 2.34. The molecular formula is C29H31Cl4N3O4S. The second-order valence-electron chi connectivity index (χ2n) is 9.38. The van der Waals surface area contributed by atoms with Crippen LogP contribution in [0.2, 0.25) is 20.1 Å². The van der Waals surface area contributed by atoms with Gasteiger partial charge in [0.15, 0.2) is 0 Å². The third-order valence-electron chi connectivity index (χ3n) is 6.56. The zero-order valence-electron chi connectivity index (χ0n) is 22.8. The number of sulfonamides is 1. The number of rotatable bonds is 12. The van der Waals surface area contributed by atoms with Crippen molar-refractivity contribution in [3.8, 4) is 0 Å². The summed E-state index contributed by atoms with van der Waals surface area (Å²) >= 11 is 25.5. The summed E-state index contributed by atoms with van der Waals surface area (Å²) < 4.78 is 28.7. The van der Waals surface area contributed by atoms with Crippen molar-refractivity contribution in [2.24, 2.45) is 0 Å². The third-order valence-corrected chi connectivity index (χ3v) is 9.60. The molecule has 0 saturated carbocycles. The van der Waals surface area contributed by atoms with Gasteiger partial charge in [-0.3, -0.25) is 13.9 Å². The van der Waals surface area contributed by atoms with E-state index in [0.717, 1.165) is 4.31 Å². The Hall–Kier alpha value is -2.49. The molecule has 7 nitrogen and oxygen atoms in total. The molecule has 0 unspecified atom stereocenters. The van der Waals surface area contributed by atoms with Gasteiger partial charge < -0.3 is 10.2 Å². The Morgan fingerprint density at radius 2 is 1.49 bits per heavy atom. The lowest BCUT2D eigenvalue weighted by Crippen LogP contribution is -2.53. The maximum Gasteiger partial charge on any atom is 0.264 e. The molecule has 0 fully saturated rings. The molecule has 0 heterocycles. The average Bonchev–Trinajstić information content (AvgIpc) is 2.94. The number of nitrogens with zero attached hydrogens (tertiary/aromatic N) is 2. The number of nitrogens with one attached hydrogen (secondary N) is 1. The van der Waals surface area contributed by atoms with E-state index >= 15 is 0 Å². The normalized spacial score (nSPS) is 12.9. The SMILES string of the molecule is CC[C@@H](C)NC(=O)[C@@H](CC)N(Cc1c(Cl)cccc1Cl)C(=O)CN(c1cc(Cl)ccc1Cl)S(=O)(=O)c1ccccc1. The fraction of sp³-hybridized carbons (Fsp3) is 0.310. The Morgan fingerprint density at radius 3 is 2.07 bits per heavy atom. The van der Waals surface area contributed by atoms with Gasteiger partial charge in [0.2, 0.25) is 11.8 Å². The molecule has 2 amide bonds. The lowest BCUT2D eigenvalue weighted by atomic mass is 10.1. The predicted molar refractivity (Wildman–Crippen MR) is 166 cm³/mol. The fourth-order valence-corrected chi connectivity index (χ4v) is 6.52. The lowest BCUT2D eigenvalue weighted by Gasteiger charge is -2.34. The number of amides is 2. The van der Waals surface area contributed by atoms with Gasteiger partial charge in [-0.1, -0.05) is 84.5 Å². The number of hydrogen-bond acceptors (Lipinski definition) is 4. The summed E-state index contributed by atoms with van der Waals surface area (Å²) in [7, 11) is -4.30. The summed E-state index contributed by atoms with van der Waals surface area (Å²) in [5.41, 5.74) is 0.446. The van der Waals surface area contributed by atoms with Crippen molar-refractivity contribution in [3.05, 3.63) is 92.4 Å². The summed E-state index contributed by atoms with van der Waals surface area (Å²) in [6.07, 6.45) is 0.933. The van der Waals surface area contributed by atoms with Crippen LogP contribution in [0.4, 0.5) is 5.69 Å². The minimum Gasteiger partial charge on any atom is -0.352 e. The molecule has 3 aromatic carbocycles. The van der Waals surface area contributed by atoms with Crippen LogP contribution in [0, 0.1) is 0 Å². The van der Waals surface area contributed by atoms with Crippen molar-refractivity contribution in [3.63, 3.8) is 0 Å². The second-order valence-corrected chi connectivity index (χ2v) is 12.9. The van der Waals surface area contributed by atoms with E-state index in [1.165, 1.54) is 35.2 Å². The molecule has 41 heavy (non-hydrogen) atoms. The van der Waals surface area contributed by atoms with Crippen molar-refractivity contribution < 1.29 is 18.0 Å². The molecule has 0 radical (unpaired) electrons. The van der Waals surface area contributed by atoms with E-state index in [4.69, 9.17) is 46.4 Å². The zero-order valence-corrected chi connectivity index (χ0v) is 26.6. The number of benzene rings is 3. The van der Waals surface area contributed by atoms with E-state index in [0.29, 0.717) is 22.0 Å². The van der Waals surface area contributed by atoms with Crippen LogP contribution in [0.5, 0.6) is 0 Å². The first-order valence-electron chi connectivity index (χ1n) is 13.0. The Labute approximate surface area is 261 Å². The molecule has 220 valence electrons. The highest BCUT2D eigenvalue weighted by Gasteiger charge is 2.35. The molecule has 3 rings (SSSR count). The Balaban J connectivity index is 2.13. The van der Waals surface area contributed by atoms with E-state index in [1.54, 1.807) is 43.3 Å². The van der Waals surface area contributed by atoms with Gasteiger partial charge in [0.25, 0.3) is 10.0 Å².